The summed E-state index contributed by atoms with van der Waals surface area (Å²) in [6.07, 6.45) is 1.19. The normalized spacial score (nSPS) is 13.7. The predicted molar refractivity (Wildman–Crippen MR) is 72.8 cm³/mol. The average Bonchev–Trinajstić information content (AvgIpc) is 2.28. The summed E-state index contributed by atoms with van der Waals surface area (Å²) in [5, 5.41) is 9.87. The van der Waals surface area contributed by atoms with E-state index in [1.165, 1.54) is 0 Å². The Balaban J connectivity index is 0.00000256. The molecule has 0 spiro atoms. The molecule has 0 unspecified atom stereocenters. The van der Waals surface area contributed by atoms with Gasteiger partial charge in [0.1, 0.15) is 5.75 Å². The third-order valence-electron chi connectivity index (χ3n) is 2.84. The lowest BCUT2D eigenvalue weighted by Gasteiger charge is -2.20. The molecule has 1 aromatic carbocycles. The van der Waals surface area contributed by atoms with Gasteiger partial charge in [0.25, 0.3) is 0 Å². The minimum Gasteiger partial charge on any atom is -0.497 e. The Morgan fingerprint density at radius 2 is 2.06 bits per heavy atom. The standard InChI is InChI=1S/C13H21NO2.ClH/c1-4-5-12(15)13(14)11-7-6-10(16-3)8-9(11)2;/h6-8,12-13,15H,4-5,14H2,1-3H3;1H/t12-,13+;/m1./s1. The Kier molecular flexibility index (Phi) is 7.19. The van der Waals surface area contributed by atoms with Gasteiger partial charge in [0.05, 0.1) is 19.3 Å². The molecule has 17 heavy (non-hydrogen) atoms. The third kappa shape index (κ3) is 4.19. The summed E-state index contributed by atoms with van der Waals surface area (Å²) in [4.78, 5) is 0. The highest BCUT2D eigenvalue weighted by Gasteiger charge is 2.17. The Labute approximate surface area is 109 Å². The van der Waals surface area contributed by atoms with Gasteiger partial charge in [-0.2, -0.15) is 0 Å². The van der Waals surface area contributed by atoms with Crippen molar-refractivity contribution < 1.29 is 9.84 Å². The number of hydrogen-bond acceptors (Lipinski definition) is 3. The van der Waals surface area contributed by atoms with Gasteiger partial charge >= 0.3 is 0 Å². The first-order valence-corrected chi connectivity index (χ1v) is 5.68. The molecule has 2 atom stereocenters. The maximum absolute atomic E-state index is 9.87. The SMILES string of the molecule is CCC[C@@H](O)[C@@H](N)c1ccc(OC)cc1C.Cl. The van der Waals surface area contributed by atoms with E-state index in [0.29, 0.717) is 0 Å². The van der Waals surface area contributed by atoms with Gasteiger partial charge in [-0.05, 0) is 36.6 Å². The maximum Gasteiger partial charge on any atom is 0.119 e. The molecular weight excluding hydrogens is 238 g/mol. The number of aryl methyl sites for hydroxylation is 1. The number of methoxy groups -OCH3 is 1. The van der Waals surface area contributed by atoms with Gasteiger partial charge in [0, 0.05) is 0 Å². The van der Waals surface area contributed by atoms with E-state index >= 15 is 0 Å². The molecule has 3 N–H and O–H groups in total. The van der Waals surface area contributed by atoms with Crippen LogP contribution in [0.15, 0.2) is 18.2 Å². The number of rotatable bonds is 5. The van der Waals surface area contributed by atoms with Gasteiger partial charge in [-0.1, -0.05) is 19.4 Å². The highest BCUT2D eigenvalue weighted by molar-refractivity contribution is 5.85. The molecule has 1 aromatic rings. The van der Waals surface area contributed by atoms with Crippen LogP contribution in [0.2, 0.25) is 0 Å². The zero-order valence-electron chi connectivity index (χ0n) is 10.6. The summed E-state index contributed by atoms with van der Waals surface area (Å²) >= 11 is 0. The number of aliphatic hydroxyl groups excluding tert-OH is 1. The Morgan fingerprint density at radius 3 is 2.53 bits per heavy atom. The molecule has 0 saturated carbocycles. The molecule has 0 fully saturated rings. The number of nitrogens with two attached hydrogens (primary N) is 1. The minimum atomic E-state index is -0.475. The molecule has 3 nitrogen and oxygen atoms in total. The zero-order valence-corrected chi connectivity index (χ0v) is 11.5. The van der Waals surface area contributed by atoms with Crippen molar-refractivity contribution in [3.8, 4) is 5.75 Å². The van der Waals surface area contributed by atoms with Gasteiger partial charge in [0.15, 0.2) is 0 Å². The minimum absolute atomic E-state index is 0. The summed E-state index contributed by atoms with van der Waals surface area (Å²) in [5.41, 5.74) is 8.07. The van der Waals surface area contributed by atoms with Crippen molar-refractivity contribution in [2.45, 2.75) is 38.8 Å². The monoisotopic (exact) mass is 259 g/mol. The summed E-state index contributed by atoms with van der Waals surface area (Å²) in [5.74, 6) is 0.818. The lowest BCUT2D eigenvalue weighted by atomic mass is 9.95. The van der Waals surface area contributed by atoms with Gasteiger partial charge in [-0.15, -0.1) is 12.4 Å². The molecule has 1 rings (SSSR count). The lowest BCUT2D eigenvalue weighted by molar-refractivity contribution is 0.134. The third-order valence-corrected chi connectivity index (χ3v) is 2.84. The molecule has 0 saturated heterocycles. The summed E-state index contributed by atoms with van der Waals surface area (Å²) in [6, 6.07) is 5.43. The first-order chi connectivity index (χ1) is 7.60. The number of halogens is 1. The van der Waals surface area contributed by atoms with Gasteiger partial charge < -0.3 is 15.6 Å². The smallest absolute Gasteiger partial charge is 0.119 e. The highest BCUT2D eigenvalue weighted by Crippen LogP contribution is 2.24. The van der Waals surface area contributed by atoms with Crippen LogP contribution in [0.5, 0.6) is 5.75 Å². The quantitative estimate of drug-likeness (QED) is 0.855. The second-order valence-corrected chi connectivity index (χ2v) is 4.10. The van der Waals surface area contributed by atoms with E-state index < -0.39 is 6.10 Å². The van der Waals surface area contributed by atoms with Crippen LogP contribution in [0.4, 0.5) is 0 Å². The molecule has 0 aromatic heterocycles. The van der Waals surface area contributed by atoms with Crippen molar-refractivity contribution >= 4 is 12.4 Å². The van der Waals surface area contributed by atoms with Crippen LogP contribution < -0.4 is 10.5 Å². The molecule has 0 aliphatic heterocycles. The van der Waals surface area contributed by atoms with E-state index in [-0.39, 0.29) is 18.4 Å². The van der Waals surface area contributed by atoms with E-state index in [1.54, 1.807) is 7.11 Å². The van der Waals surface area contributed by atoms with E-state index in [2.05, 4.69) is 0 Å². The number of hydrogen-bond donors (Lipinski definition) is 2. The van der Waals surface area contributed by atoms with E-state index in [1.807, 2.05) is 32.0 Å². The van der Waals surface area contributed by atoms with E-state index in [0.717, 1.165) is 29.7 Å². The largest absolute Gasteiger partial charge is 0.497 e. The average molecular weight is 260 g/mol. The van der Waals surface area contributed by atoms with Crippen LogP contribution in [0.1, 0.15) is 36.9 Å². The molecule has 0 amide bonds. The van der Waals surface area contributed by atoms with Crippen LogP contribution in [0.3, 0.4) is 0 Å². The van der Waals surface area contributed by atoms with Crippen molar-refractivity contribution in [2.75, 3.05) is 7.11 Å². The molecule has 98 valence electrons. The molecule has 0 aliphatic rings. The number of aliphatic hydroxyl groups is 1. The van der Waals surface area contributed by atoms with Crippen LogP contribution in [0.25, 0.3) is 0 Å². The zero-order chi connectivity index (χ0) is 12.1. The molecule has 4 heteroatoms. The van der Waals surface area contributed by atoms with E-state index in [9.17, 15) is 5.11 Å². The van der Waals surface area contributed by atoms with Gasteiger partial charge in [-0.25, -0.2) is 0 Å². The highest BCUT2D eigenvalue weighted by atomic mass is 35.5. The predicted octanol–water partition coefficient (Wildman–Crippen LogP) is 2.59. The number of benzene rings is 1. The molecule has 0 bridgehead atoms. The summed E-state index contributed by atoms with van der Waals surface area (Å²) in [7, 11) is 1.64. The molecule has 0 radical (unpaired) electrons. The topological polar surface area (TPSA) is 55.5 Å². The van der Waals surface area contributed by atoms with Crippen LogP contribution in [0, 0.1) is 6.92 Å². The van der Waals surface area contributed by atoms with E-state index in [4.69, 9.17) is 10.5 Å². The fourth-order valence-corrected chi connectivity index (χ4v) is 1.83. The van der Waals surface area contributed by atoms with Gasteiger partial charge in [-0.3, -0.25) is 0 Å². The Morgan fingerprint density at radius 1 is 1.41 bits per heavy atom. The first-order valence-electron chi connectivity index (χ1n) is 5.68. The molecular formula is C13H22ClNO2. The maximum atomic E-state index is 9.87. The molecule has 0 aliphatic carbocycles. The van der Waals surface area contributed by atoms with Crippen molar-refractivity contribution in [3.63, 3.8) is 0 Å². The Bertz CT molecular complexity index is 344. The van der Waals surface area contributed by atoms with Crippen molar-refractivity contribution in [2.24, 2.45) is 5.73 Å². The number of ether oxygens (including phenoxy) is 1. The summed E-state index contributed by atoms with van der Waals surface area (Å²) in [6.45, 7) is 4.02. The summed E-state index contributed by atoms with van der Waals surface area (Å²) < 4.78 is 5.13. The second-order valence-electron chi connectivity index (χ2n) is 4.10. The van der Waals surface area contributed by atoms with Crippen molar-refractivity contribution in [3.05, 3.63) is 29.3 Å². The van der Waals surface area contributed by atoms with Crippen LogP contribution in [-0.2, 0) is 0 Å². The first kappa shape index (κ1) is 16.2. The van der Waals surface area contributed by atoms with Crippen molar-refractivity contribution in [1.82, 2.24) is 0 Å². The van der Waals surface area contributed by atoms with Gasteiger partial charge in [0.2, 0.25) is 0 Å². The fraction of sp³-hybridized carbons (Fsp3) is 0.538. The van der Waals surface area contributed by atoms with Crippen LogP contribution in [-0.4, -0.2) is 18.3 Å². The van der Waals surface area contributed by atoms with Crippen LogP contribution >= 0.6 is 12.4 Å². The second kappa shape index (κ2) is 7.54. The fourth-order valence-electron chi connectivity index (χ4n) is 1.83. The van der Waals surface area contributed by atoms with Crippen molar-refractivity contribution in [1.29, 1.82) is 0 Å². The lowest BCUT2D eigenvalue weighted by Crippen LogP contribution is -2.26. The Hall–Kier alpha value is -0.770. The molecule has 0 heterocycles.